The zero-order valence-corrected chi connectivity index (χ0v) is 12.6. The first kappa shape index (κ1) is 15.6. The topological polar surface area (TPSA) is 109 Å². The Hall–Kier alpha value is -1.83. The van der Waals surface area contributed by atoms with Gasteiger partial charge in [-0.05, 0) is 26.7 Å². The highest BCUT2D eigenvalue weighted by Gasteiger charge is 2.23. The van der Waals surface area contributed by atoms with Gasteiger partial charge in [-0.15, -0.1) is 5.10 Å². The molecule has 8 nitrogen and oxygen atoms in total. The molecule has 118 valence electrons. The fourth-order valence-corrected chi connectivity index (χ4v) is 2.36. The Balaban J connectivity index is 1.64. The molecule has 1 aromatic rings. The van der Waals surface area contributed by atoms with Crippen molar-refractivity contribution in [2.45, 2.75) is 45.3 Å². The first-order chi connectivity index (χ1) is 10.0. The van der Waals surface area contributed by atoms with Gasteiger partial charge in [-0.1, -0.05) is 0 Å². The first-order valence-corrected chi connectivity index (χ1v) is 7.40. The number of rotatable bonds is 5. The highest BCUT2D eigenvalue weighted by Crippen LogP contribution is 2.12. The standard InChI is InChI=1S/C13H24N6O2/c1-9(2)21-13(20)19-7-4-10(5-8-19)15-6-3-11-16-12(14)18-17-11/h9-10,15H,3-8H2,1-2H3,(H3,14,16,17,18). The highest BCUT2D eigenvalue weighted by molar-refractivity contribution is 5.67. The molecule has 0 radical (unpaired) electrons. The van der Waals surface area contributed by atoms with E-state index >= 15 is 0 Å². The van der Waals surface area contributed by atoms with Crippen LogP contribution in [-0.2, 0) is 11.2 Å². The predicted molar refractivity (Wildman–Crippen MR) is 78.7 cm³/mol. The lowest BCUT2D eigenvalue weighted by atomic mass is 10.1. The number of piperidine rings is 1. The van der Waals surface area contributed by atoms with Crippen molar-refractivity contribution in [1.29, 1.82) is 0 Å². The third-order valence-corrected chi connectivity index (χ3v) is 3.43. The van der Waals surface area contributed by atoms with Gasteiger partial charge < -0.3 is 20.7 Å². The summed E-state index contributed by atoms with van der Waals surface area (Å²) in [6, 6.07) is 0.424. The van der Waals surface area contributed by atoms with Crippen LogP contribution in [0.3, 0.4) is 0 Å². The molecule has 8 heteroatoms. The number of ether oxygens (including phenoxy) is 1. The van der Waals surface area contributed by atoms with Crippen molar-refractivity contribution in [2.75, 3.05) is 25.4 Å². The normalized spacial score (nSPS) is 16.4. The minimum atomic E-state index is -0.208. The molecule has 4 N–H and O–H groups in total. The fraction of sp³-hybridized carbons (Fsp3) is 0.769. The van der Waals surface area contributed by atoms with Gasteiger partial charge in [-0.2, -0.15) is 4.98 Å². The van der Waals surface area contributed by atoms with Gasteiger partial charge in [0.15, 0.2) is 0 Å². The number of amides is 1. The summed E-state index contributed by atoms with van der Waals surface area (Å²) in [5.41, 5.74) is 5.45. The molecule has 1 aliphatic rings. The van der Waals surface area contributed by atoms with Gasteiger partial charge in [-0.3, -0.25) is 5.10 Å². The third-order valence-electron chi connectivity index (χ3n) is 3.43. The number of nitrogen functional groups attached to an aromatic ring is 1. The number of carbonyl (C=O) groups excluding carboxylic acids is 1. The SMILES string of the molecule is CC(C)OC(=O)N1CCC(NCCc2nc(N)n[nH]2)CC1. The maximum absolute atomic E-state index is 11.8. The Bertz CT molecular complexity index is 453. The van der Waals surface area contributed by atoms with E-state index in [-0.39, 0.29) is 18.1 Å². The van der Waals surface area contributed by atoms with Crippen LogP contribution in [0, 0.1) is 0 Å². The summed E-state index contributed by atoms with van der Waals surface area (Å²) in [6.07, 6.45) is 2.36. The van der Waals surface area contributed by atoms with Gasteiger partial charge in [0.25, 0.3) is 0 Å². The summed E-state index contributed by atoms with van der Waals surface area (Å²) in [5, 5.41) is 10.1. The van der Waals surface area contributed by atoms with Crippen LogP contribution < -0.4 is 11.1 Å². The number of hydrogen-bond donors (Lipinski definition) is 3. The van der Waals surface area contributed by atoms with Crippen molar-refractivity contribution < 1.29 is 9.53 Å². The molecule has 1 saturated heterocycles. The van der Waals surface area contributed by atoms with Crippen LogP contribution in [0.2, 0.25) is 0 Å². The van der Waals surface area contributed by atoms with Crippen LogP contribution in [-0.4, -0.2) is 58.0 Å². The average molecular weight is 296 g/mol. The van der Waals surface area contributed by atoms with Crippen LogP contribution >= 0.6 is 0 Å². The van der Waals surface area contributed by atoms with Gasteiger partial charge in [-0.25, -0.2) is 4.79 Å². The molecule has 0 aromatic carbocycles. The average Bonchev–Trinajstić information content (AvgIpc) is 2.84. The summed E-state index contributed by atoms with van der Waals surface area (Å²) in [4.78, 5) is 17.6. The smallest absolute Gasteiger partial charge is 0.410 e. The fourth-order valence-electron chi connectivity index (χ4n) is 2.36. The highest BCUT2D eigenvalue weighted by atomic mass is 16.6. The number of nitrogens with two attached hydrogens (primary N) is 1. The molecule has 0 saturated carbocycles. The predicted octanol–water partition coefficient (Wildman–Crippen LogP) is 0.528. The van der Waals surface area contributed by atoms with Crippen LogP contribution in [0.4, 0.5) is 10.7 Å². The number of H-pyrrole nitrogens is 1. The summed E-state index contributed by atoms with van der Waals surface area (Å²) in [5.74, 6) is 1.07. The molecule has 21 heavy (non-hydrogen) atoms. The van der Waals surface area contributed by atoms with Gasteiger partial charge >= 0.3 is 6.09 Å². The monoisotopic (exact) mass is 296 g/mol. The zero-order chi connectivity index (χ0) is 15.2. The number of aromatic nitrogens is 3. The Labute approximate surface area is 124 Å². The summed E-state index contributed by atoms with van der Waals surface area (Å²) >= 11 is 0. The lowest BCUT2D eigenvalue weighted by molar-refractivity contribution is 0.0679. The third kappa shape index (κ3) is 4.89. The molecule has 0 atom stereocenters. The van der Waals surface area contributed by atoms with E-state index in [1.54, 1.807) is 4.90 Å². The molecule has 0 spiro atoms. The molecular weight excluding hydrogens is 272 g/mol. The number of nitrogens with zero attached hydrogens (tertiary/aromatic N) is 3. The van der Waals surface area contributed by atoms with Gasteiger partial charge in [0.2, 0.25) is 5.95 Å². The van der Waals surface area contributed by atoms with Crippen LogP contribution in [0.1, 0.15) is 32.5 Å². The van der Waals surface area contributed by atoms with E-state index in [4.69, 9.17) is 10.5 Å². The van der Waals surface area contributed by atoms with E-state index in [0.717, 1.165) is 44.7 Å². The van der Waals surface area contributed by atoms with E-state index in [9.17, 15) is 4.79 Å². The molecule has 0 aliphatic carbocycles. The molecule has 1 fully saturated rings. The number of likely N-dealkylation sites (tertiary alicyclic amines) is 1. The summed E-state index contributed by atoms with van der Waals surface area (Å²) in [7, 11) is 0. The van der Waals surface area contributed by atoms with Crippen LogP contribution in [0.25, 0.3) is 0 Å². The molecular formula is C13H24N6O2. The second kappa shape index (κ2) is 7.26. The molecule has 1 aliphatic heterocycles. The van der Waals surface area contributed by atoms with Crippen molar-refractivity contribution in [3.05, 3.63) is 5.82 Å². The van der Waals surface area contributed by atoms with E-state index in [1.807, 2.05) is 13.8 Å². The molecule has 0 bridgehead atoms. The van der Waals surface area contributed by atoms with Gasteiger partial charge in [0, 0.05) is 32.1 Å². The number of anilines is 1. The number of carbonyl (C=O) groups is 1. The number of nitrogens with one attached hydrogen (secondary N) is 2. The van der Waals surface area contributed by atoms with E-state index in [1.165, 1.54) is 0 Å². The molecule has 2 rings (SSSR count). The van der Waals surface area contributed by atoms with E-state index in [2.05, 4.69) is 20.5 Å². The Kier molecular flexibility index (Phi) is 5.38. The minimum Gasteiger partial charge on any atom is -0.447 e. The Morgan fingerprint density at radius 1 is 1.52 bits per heavy atom. The quantitative estimate of drug-likeness (QED) is 0.731. The van der Waals surface area contributed by atoms with Crippen molar-refractivity contribution in [3.63, 3.8) is 0 Å². The second-order valence-electron chi connectivity index (χ2n) is 5.54. The molecule has 1 aromatic heterocycles. The summed E-state index contributed by atoms with van der Waals surface area (Å²) < 4.78 is 5.20. The Morgan fingerprint density at radius 2 is 2.24 bits per heavy atom. The van der Waals surface area contributed by atoms with Crippen molar-refractivity contribution in [2.24, 2.45) is 0 Å². The largest absolute Gasteiger partial charge is 0.447 e. The number of aromatic amines is 1. The maximum Gasteiger partial charge on any atom is 0.410 e. The minimum absolute atomic E-state index is 0.0670. The summed E-state index contributed by atoms with van der Waals surface area (Å²) in [6.45, 7) is 6.01. The van der Waals surface area contributed by atoms with Crippen molar-refractivity contribution in [3.8, 4) is 0 Å². The lowest BCUT2D eigenvalue weighted by Crippen LogP contribution is -2.45. The van der Waals surface area contributed by atoms with Crippen molar-refractivity contribution in [1.82, 2.24) is 25.4 Å². The molecule has 2 heterocycles. The van der Waals surface area contributed by atoms with E-state index < -0.39 is 0 Å². The number of hydrogen-bond acceptors (Lipinski definition) is 6. The first-order valence-electron chi connectivity index (χ1n) is 7.40. The molecule has 1 amide bonds. The Morgan fingerprint density at radius 3 is 2.81 bits per heavy atom. The second-order valence-corrected chi connectivity index (χ2v) is 5.54. The molecule has 0 unspecified atom stereocenters. The van der Waals surface area contributed by atoms with Gasteiger partial charge in [0.05, 0.1) is 6.10 Å². The van der Waals surface area contributed by atoms with Crippen LogP contribution in [0.15, 0.2) is 0 Å². The lowest BCUT2D eigenvalue weighted by Gasteiger charge is -2.32. The van der Waals surface area contributed by atoms with Gasteiger partial charge in [0.1, 0.15) is 5.82 Å². The van der Waals surface area contributed by atoms with Crippen LogP contribution in [0.5, 0.6) is 0 Å². The zero-order valence-electron chi connectivity index (χ0n) is 12.6. The van der Waals surface area contributed by atoms with Crippen molar-refractivity contribution >= 4 is 12.0 Å². The van der Waals surface area contributed by atoms with E-state index in [0.29, 0.717) is 6.04 Å². The maximum atomic E-state index is 11.8.